The molecule has 1 aliphatic rings. The molecule has 2 rings (SSSR count). The van der Waals surface area contributed by atoms with Gasteiger partial charge >= 0.3 is 0 Å². The van der Waals surface area contributed by atoms with E-state index in [1.54, 1.807) is 13.3 Å². The molecular weight excluding hydrogens is 328 g/mol. The van der Waals surface area contributed by atoms with Crippen molar-refractivity contribution >= 4 is 27.5 Å². The van der Waals surface area contributed by atoms with Crippen molar-refractivity contribution in [2.75, 3.05) is 25.6 Å². The molecule has 1 aliphatic heterocycles. The molecule has 0 aromatic carbocycles. The van der Waals surface area contributed by atoms with E-state index in [1.165, 1.54) is 4.68 Å². The smallest absolute Gasteiger partial charge is 0.283 e. The summed E-state index contributed by atoms with van der Waals surface area (Å²) in [6, 6.07) is 0.102. The molecule has 0 spiro atoms. The largest absolute Gasteiger partial charge is 0.383 e. The molecule has 1 unspecified atom stereocenters. The van der Waals surface area contributed by atoms with Crippen molar-refractivity contribution in [2.45, 2.75) is 25.4 Å². The lowest BCUT2D eigenvalue weighted by Crippen LogP contribution is -2.33. The summed E-state index contributed by atoms with van der Waals surface area (Å²) in [7, 11) is 1.58. The first-order chi connectivity index (χ1) is 9.61. The summed E-state index contributed by atoms with van der Waals surface area (Å²) in [6.07, 6.45) is 2.96. The molecule has 1 aromatic heterocycles. The van der Waals surface area contributed by atoms with Crippen LogP contribution in [0, 0.1) is 0 Å². The van der Waals surface area contributed by atoms with E-state index < -0.39 is 0 Å². The minimum Gasteiger partial charge on any atom is -0.383 e. The quantitative estimate of drug-likeness (QED) is 0.777. The van der Waals surface area contributed by atoms with Crippen LogP contribution in [-0.4, -0.2) is 42.0 Å². The normalized spacial score (nSPS) is 18.1. The van der Waals surface area contributed by atoms with Crippen molar-refractivity contribution < 1.29 is 9.53 Å². The van der Waals surface area contributed by atoms with E-state index in [4.69, 9.17) is 4.74 Å². The molecule has 0 aliphatic carbocycles. The molecule has 1 amide bonds. The van der Waals surface area contributed by atoms with Crippen LogP contribution >= 0.6 is 15.9 Å². The molecule has 1 aromatic rings. The first kappa shape index (κ1) is 15.0. The lowest BCUT2D eigenvalue weighted by Gasteiger charge is -2.14. The van der Waals surface area contributed by atoms with E-state index in [-0.39, 0.29) is 17.5 Å². The number of amides is 1. The van der Waals surface area contributed by atoms with E-state index in [9.17, 15) is 9.59 Å². The molecule has 0 bridgehead atoms. The molecule has 20 heavy (non-hydrogen) atoms. The van der Waals surface area contributed by atoms with Crippen molar-refractivity contribution in [1.29, 1.82) is 0 Å². The summed E-state index contributed by atoms with van der Waals surface area (Å²) in [5.41, 5.74) is 0.423. The monoisotopic (exact) mass is 344 g/mol. The molecule has 7 nitrogen and oxygen atoms in total. The lowest BCUT2D eigenvalue weighted by atomic mass is 10.2. The predicted octanol–water partition coefficient (Wildman–Crippen LogP) is 0.343. The second-order valence-electron chi connectivity index (χ2n) is 4.58. The first-order valence-electron chi connectivity index (χ1n) is 6.39. The lowest BCUT2D eigenvalue weighted by molar-refractivity contribution is -0.119. The summed E-state index contributed by atoms with van der Waals surface area (Å²) in [4.78, 5) is 23.1. The van der Waals surface area contributed by atoms with E-state index >= 15 is 0 Å². The molecule has 2 N–H and O–H groups in total. The predicted molar refractivity (Wildman–Crippen MR) is 77.7 cm³/mol. The highest BCUT2D eigenvalue weighted by molar-refractivity contribution is 9.10. The van der Waals surface area contributed by atoms with Gasteiger partial charge < -0.3 is 15.4 Å². The Bertz CT molecular complexity index is 546. The number of nitrogens with zero attached hydrogens (tertiary/aromatic N) is 2. The Hall–Kier alpha value is -1.41. The zero-order valence-corrected chi connectivity index (χ0v) is 12.8. The SMILES string of the molecule is COCCn1ncc(NCC2CCC(=O)N2)c(Br)c1=O. The van der Waals surface area contributed by atoms with Crippen LogP contribution < -0.4 is 16.2 Å². The van der Waals surface area contributed by atoms with Gasteiger partial charge in [0.15, 0.2) is 0 Å². The average molecular weight is 345 g/mol. The summed E-state index contributed by atoms with van der Waals surface area (Å²) in [5.74, 6) is 0.0731. The number of halogens is 1. The van der Waals surface area contributed by atoms with Crippen LogP contribution in [0.2, 0.25) is 0 Å². The molecule has 1 atom stereocenters. The number of ether oxygens (including phenoxy) is 1. The second kappa shape index (κ2) is 6.85. The number of hydrogen-bond acceptors (Lipinski definition) is 5. The van der Waals surface area contributed by atoms with Crippen LogP contribution in [0.5, 0.6) is 0 Å². The van der Waals surface area contributed by atoms with Gasteiger partial charge in [0.2, 0.25) is 5.91 Å². The fourth-order valence-electron chi connectivity index (χ4n) is 1.99. The van der Waals surface area contributed by atoms with Crippen molar-refractivity contribution in [1.82, 2.24) is 15.1 Å². The molecule has 0 radical (unpaired) electrons. The highest BCUT2D eigenvalue weighted by Crippen LogP contribution is 2.17. The maximum absolute atomic E-state index is 12.0. The third-order valence-electron chi connectivity index (χ3n) is 3.12. The number of methoxy groups -OCH3 is 1. The molecule has 0 saturated carbocycles. The Labute approximate surface area is 124 Å². The van der Waals surface area contributed by atoms with Crippen molar-refractivity contribution in [3.05, 3.63) is 21.0 Å². The van der Waals surface area contributed by atoms with Crippen molar-refractivity contribution in [3.63, 3.8) is 0 Å². The molecule has 1 saturated heterocycles. The van der Waals surface area contributed by atoms with Gasteiger partial charge in [0.1, 0.15) is 4.47 Å². The van der Waals surface area contributed by atoms with Gasteiger partial charge in [-0.15, -0.1) is 0 Å². The Morgan fingerprint density at radius 1 is 1.60 bits per heavy atom. The molecule has 2 heterocycles. The summed E-state index contributed by atoms with van der Waals surface area (Å²) in [5, 5.41) is 10.1. The van der Waals surface area contributed by atoms with Crippen molar-refractivity contribution in [2.24, 2.45) is 0 Å². The fraction of sp³-hybridized carbons (Fsp3) is 0.583. The van der Waals surface area contributed by atoms with Gasteiger partial charge in [0, 0.05) is 26.1 Å². The highest BCUT2D eigenvalue weighted by Gasteiger charge is 2.20. The number of carbonyl (C=O) groups is 1. The van der Waals surface area contributed by atoms with Crippen LogP contribution in [-0.2, 0) is 16.1 Å². The third-order valence-corrected chi connectivity index (χ3v) is 3.88. The molecule has 110 valence electrons. The second-order valence-corrected chi connectivity index (χ2v) is 5.37. The van der Waals surface area contributed by atoms with Crippen LogP contribution in [0.3, 0.4) is 0 Å². The van der Waals surface area contributed by atoms with Gasteiger partial charge in [0.25, 0.3) is 5.56 Å². The van der Waals surface area contributed by atoms with E-state index in [0.29, 0.717) is 36.3 Å². The first-order valence-corrected chi connectivity index (χ1v) is 7.19. The van der Waals surface area contributed by atoms with Crippen LogP contribution in [0.4, 0.5) is 5.69 Å². The maximum atomic E-state index is 12.0. The van der Waals surface area contributed by atoms with Gasteiger partial charge in [-0.3, -0.25) is 9.59 Å². The van der Waals surface area contributed by atoms with Gasteiger partial charge in [-0.25, -0.2) is 4.68 Å². The van der Waals surface area contributed by atoms with Crippen molar-refractivity contribution in [3.8, 4) is 0 Å². The Kier molecular flexibility index (Phi) is 5.13. The van der Waals surface area contributed by atoms with Crippen LogP contribution in [0.25, 0.3) is 0 Å². The average Bonchev–Trinajstić information content (AvgIpc) is 2.85. The van der Waals surface area contributed by atoms with Gasteiger partial charge in [0.05, 0.1) is 25.0 Å². The number of aromatic nitrogens is 2. The molecule has 1 fully saturated rings. The summed E-state index contributed by atoms with van der Waals surface area (Å²) < 4.78 is 6.71. The van der Waals surface area contributed by atoms with Gasteiger partial charge in [-0.2, -0.15) is 5.10 Å². The fourth-order valence-corrected chi connectivity index (χ4v) is 2.44. The van der Waals surface area contributed by atoms with Gasteiger partial charge in [-0.1, -0.05) is 0 Å². The van der Waals surface area contributed by atoms with Crippen LogP contribution in [0.1, 0.15) is 12.8 Å². The highest BCUT2D eigenvalue weighted by atomic mass is 79.9. The number of anilines is 1. The number of hydrogen-bond donors (Lipinski definition) is 2. The Morgan fingerprint density at radius 2 is 2.40 bits per heavy atom. The topological polar surface area (TPSA) is 85.2 Å². The molecular formula is C12H17BrN4O3. The Morgan fingerprint density at radius 3 is 3.05 bits per heavy atom. The van der Waals surface area contributed by atoms with E-state index in [1.807, 2.05) is 0 Å². The number of rotatable bonds is 6. The van der Waals surface area contributed by atoms with Crippen LogP contribution in [0.15, 0.2) is 15.5 Å². The standard InChI is InChI=1S/C12H17BrN4O3/c1-20-5-4-17-12(19)11(13)9(7-15-17)14-6-8-2-3-10(18)16-8/h7-8,14H,2-6H2,1H3,(H,16,18). The van der Waals surface area contributed by atoms with E-state index in [2.05, 4.69) is 31.7 Å². The van der Waals surface area contributed by atoms with Gasteiger partial charge in [-0.05, 0) is 22.4 Å². The maximum Gasteiger partial charge on any atom is 0.283 e. The Balaban J connectivity index is 2.00. The number of nitrogens with one attached hydrogen (secondary N) is 2. The number of carbonyl (C=O) groups excluding carboxylic acids is 1. The van der Waals surface area contributed by atoms with E-state index in [0.717, 1.165) is 6.42 Å². The zero-order chi connectivity index (χ0) is 14.5. The molecule has 8 heteroatoms. The minimum absolute atomic E-state index is 0.0731. The summed E-state index contributed by atoms with van der Waals surface area (Å²) in [6.45, 7) is 1.42. The summed E-state index contributed by atoms with van der Waals surface area (Å²) >= 11 is 3.28. The third kappa shape index (κ3) is 3.57. The minimum atomic E-state index is -0.206. The zero-order valence-electron chi connectivity index (χ0n) is 11.2.